The van der Waals surface area contributed by atoms with E-state index in [0.29, 0.717) is 25.4 Å². The number of piperidine rings is 1. The van der Waals surface area contributed by atoms with E-state index >= 15 is 0 Å². The Bertz CT molecular complexity index is 978. The molecule has 2 saturated heterocycles. The summed E-state index contributed by atoms with van der Waals surface area (Å²) in [5, 5.41) is 1.53. The van der Waals surface area contributed by atoms with Gasteiger partial charge in [-0.15, -0.1) is 0 Å². The third-order valence-corrected chi connectivity index (χ3v) is 7.03. The maximum atomic E-state index is 12.8. The molecule has 1 aromatic carbocycles. The van der Waals surface area contributed by atoms with Gasteiger partial charge in [-0.1, -0.05) is 26.0 Å². The molecule has 2 aliphatic rings. The number of fused-ring (bicyclic) bond motifs is 1. The summed E-state index contributed by atoms with van der Waals surface area (Å²) in [6.45, 7) is 6.97. The van der Waals surface area contributed by atoms with Crippen molar-refractivity contribution < 1.29 is 19.2 Å². The van der Waals surface area contributed by atoms with Crippen molar-refractivity contribution >= 4 is 22.9 Å². The van der Waals surface area contributed by atoms with Crippen molar-refractivity contribution in [3.63, 3.8) is 0 Å². The molecular weight excluding hydrogens is 408 g/mol. The van der Waals surface area contributed by atoms with Crippen LogP contribution in [0.15, 0.2) is 24.3 Å². The van der Waals surface area contributed by atoms with Gasteiger partial charge in [0.05, 0.1) is 42.8 Å². The zero-order valence-electron chi connectivity index (χ0n) is 19.5. The van der Waals surface area contributed by atoms with Gasteiger partial charge in [0.15, 0.2) is 0 Å². The van der Waals surface area contributed by atoms with Crippen LogP contribution in [0, 0.1) is 11.8 Å². The largest absolute Gasteiger partial charge is 0.469 e. The van der Waals surface area contributed by atoms with Crippen LogP contribution < -0.4 is 0 Å². The van der Waals surface area contributed by atoms with Crippen molar-refractivity contribution in [3.8, 4) is 0 Å². The second-order valence-corrected chi connectivity index (χ2v) is 9.44. The topological polar surface area (TPSA) is 76.9 Å². The number of carbonyl (C=O) groups is 2. The average molecular weight is 443 g/mol. The van der Waals surface area contributed by atoms with E-state index in [1.54, 1.807) is 0 Å². The molecule has 174 valence electrons. The molecule has 2 aliphatic heterocycles. The zero-order valence-corrected chi connectivity index (χ0v) is 19.5. The minimum atomic E-state index is -0.635. The molecular formula is C24H34N4O4. The summed E-state index contributed by atoms with van der Waals surface area (Å²) in [6, 6.07) is 8.13. The molecule has 1 spiro atoms. The standard InChI is InChI=1S/C24H34N4O4/c1-17(2)9-14-32-28-22(29)15-18(23(30)31-4)24(28)10-12-27(13-11-24)16-21-25-19-7-5-6-8-20(19)26(21)3/h5-8,17-18H,9-16H2,1-4H3. The second-order valence-electron chi connectivity index (χ2n) is 9.44. The summed E-state index contributed by atoms with van der Waals surface area (Å²) in [5.74, 6) is 0.566. The van der Waals surface area contributed by atoms with Gasteiger partial charge < -0.3 is 9.30 Å². The Morgan fingerprint density at radius 3 is 2.62 bits per heavy atom. The predicted octanol–water partition coefficient (Wildman–Crippen LogP) is 2.91. The Kier molecular flexibility index (Phi) is 6.53. The molecule has 4 rings (SSSR count). The minimum Gasteiger partial charge on any atom is -0.469 e. The summed E-state index contributed by atoms with van der Waals surface area (Å²) >= 11 is 0. The molecule has 8 heteroatoms. The molecule has 1 amide bonds. The number of para-hydroxylation sites is 2. The number of amides is 1. The SMILES string of the molecule is COC(=O)C1CC(=O)N(OCCC(C)C)C12CCN(Cc1nc3ccccc3n1C)CC2. The summed E-state index contributed by atoms with van der Waals surface area (Å²) < 4.78 is 7.21. The van der Waals surface area contributed by atoms with Crippen molar-refractivity contribution in [2.45, 2.75) is 51.6 Å². The Morgan fingerprint density at radius 2 is 1.97 bits per heavy atom. The molecule has 1 atom stereocenters. The molecule has 3 heterocycles. The van der Waals surface area contributed by atoms with Gasteiger partial charge in [0.2, 0.25) is 5.91 Å². The molecule has 0 bridgehead atoms. The zero-order chi connectivity index (χ0) is 22.9. The van der Waals surface area contributed by atoms with Gasteiger partial charge in [0, 0.05) is 26.6 Å². The Balaban J connectivity index is 1.49. The van der Waals surface area contributed by atoms with Gasteiger partial charge in [-0.05, 0) is 37.3 Å². The van der Waals surface area contributed by atoms with Crippen molar-refractivity contribution in [2.75, 3.05) is 26.8 Å². The number of carbonyl (C=O) groups excluding carboxylic acids is 2. The second kappa shape index (κ2) is 9.19. The fraction of sp³-hybridized carbons (Fsp3) is 0.625. The normalized spacial score (nSPS) is 21.2. The van der Waals surface area contributed by atoms with E-state index in [1.807, 2.05) is 25.2 Å². The highest BCUT2D eigenvalue weighted by atomic mass is 16.7. The molecule has 0 N–H and O–H groups in total. The molecule has 0 radical (unpaired) electrons. The number of hydroxylamine groups is 2. The number of hydrogen-bond donors (Lipinski definition) is 0. The lowest BCUT2D eigenvalue weighted by Gasteiger charge is -2.45. The molecule has 2 fully saturated rings. The quantitative estimate of drug-likeness (QED) is 0.614. The van der Waals surface area contributed by atoms with E-state index in [0.717, 1.165) is 42.9 Å². The van der Waals surface area contributed by atoms with Crippen molar-refractivity contribution in [2.24, 2.45) is 18.9 Å². The molecule has 2 aromatic rings. The fourth-order valence-electron chi connectivity index (χ4n) is 5.05. The molecule has 0 saturated carbocycles. The van der Waals surface area contributed by atoms with Gasteiger partial charge in [-0.2, -0.15) is 0 Å². The third kappa shape index (κ3) is 4.13. The van der Waals surface area contributed by atoms with E-state index in [4.69, 9.17) is 14.6 Å². The van der Waals surface area contributed by atoms with Crippen LogP contribution in [0.25, 0.3) is 11.0 Å². The first kappa shape index (κ1) is 22.7. The predicted molar refractivity (Wildman–Crippen MR) is 120 cm³/mol. The number of aromatic nitrogens is 2. The average Bonchev–Trinajstić information content (AvgIpc) is 3.24. The molecule has 8 nitrogen and oxygen atoms in total. The minimum absolute atomic E-state index is 0.118. The summed E-state index contributed by atoms with van der Waals surface area (Å²) in [6.07, 6.45) is 2.36. The van der Waals surface area contributed by atoms with E-state index in [2.05, 4.69) is 29.4 Å². The number of esters is 1. The van der Waals surface area contributed by atoms with Gasteiger partial charge in [-0.25, -0.2) is 10.0 Å². The van der Waals surface area contributed by atoms with Crippen LogP contribution in [-0.2, 0) is 32.8 Å². The lowest BCUT2D eigenvalue weighted by Crippen LogP contribution is -2.57. The van der Waals surface area contributed by atoms with Crippen LogP contribution in [0.5, 0.6) is 0 Å². The Morgan fingerprint density at radius 1 is 1.25 bits per heavy atom. The van der Waals surface area contributed by atoms with Gasteiger partial charge in [0.25, 0.3) is 0 Å². The monoisotopic (exact) mass is 442 g/mol. The summed E-state index contributed by atoms with van der Waals surface area (Å²) in [5.41, 5.74) is 1.48. The highest BCUT2D eigenvalue weighted by Crippen LogP contribution is 2.44. The lowest BCUT2D eigenvalue weighted by molar-refractivity contribution is -0.224. The highest BCUT2D eigenvalue weighted by molar-refractivity contribution is 5.88. The number of nitrogens with zero attached hydrogens (tertiary/aromatic N) is 4. The van der Waals surface area contributed by atoms with Crippen molar-refractivity contribution in [3.05, 3.63) is 30.1 Å². The smallest absolute Gasteiger partial charge is 0.311 e. The number of likely N-dealkylation sites (tertiary alicyclic amines) is 1. The molecule has 1 aromatic heterocycles. The number of methoxy groups -OCH3 is 1. The number of imidazole rings is 1. The first-order valence-electron chi connectivity index (χ1n) is 11.5. The molecule has 32 heavy (non-hydrogen) atoms. The van der Waals surface area contributed by atoms with E-state index in [9.17, 15) is 9.59 Å². The van der Waals surface area contributed by atoms with Crippen LogP contribution in [0.2, 0.25) is 0 Å². The third-order valence-electron chi connectivity index (χ3n) is 7.03. The Labute approximate surface area is 189 Å². The van der Waals surface area contributed by atoms with Crippen LogP contribution >= 0.6 is 0 Å². The first-order chi connectivity index (χ1) is 15.4. The fourth-order valence-corrected chi connectivity index (χ4v) is 5.05. The van der Waals surface area contributed by atoms with Crippen LogP contribution in [-0.4, -0.2) is 63.7 Å². The number of benzene rings is 1. The number of aryl methyl sites for hydroxylation is 1. The van der Waals surface area contributed by atoms with Gasteiger partial charge in [0.1, 0.15) is 5.82 Å². The van der Waals surface area contributed by atoms with Gasteiger partial charge in [-0.3, -0.25) is 19.3 Å². The maximum Gasteiger partial charge on any atom is 0.311 e. The van der Waals surface area contributed by atoms with Crippen LogP contribution in [0.3, 0.4) is 0 Å². The molecule has 0 aliphatic carbocycles. The van der Waals surface area contributed by atoms with Crippen molar-refractivity contribution in [1.82, 2.24) is 19.5 Å². The number of hydrogen-bond acceptors (Lipinski definition) is 6. The van der Waals surface area contributed by atoms with E-state index in [1.165, 1.54) is 12.2 Å². The van der Waals surface area contributed by atoms with Crippen LogP contribution in [0.4, 0.5) is 0 Å². The summed E-state index contributed by atoms with van der Waals surface area (Å²) in [4.78, 5) is 38.6. The lowest BCUT2D eigenvalue weighted by atomic mass is 9.77. The number of ether oxygens (including phenoxy) is 1. The van der Waals surface area contributed by atoms with E-state index in [-0.39, 0.29) is 18.3 Å². The molecule has 1 unspecified atom stereocenters. The van der Waals surface area contributed by atoms with Crippen LogP contribution in [0.1, 0.15) is 45.4 Å². The maximum absolute atomic E-state index is 12.8. The highest BCUT2D eigenvalue weighted by Gasteiger charge is 2.58. The first-order valence-corrected chi connectivity index (χ1v) is 11.5. The Hall–Kier alpha value is -2.45. The van der Waals surface area contributed by atoms with Gasteiger partial charge >= 0.3 is 5.97 Å². The van der Waals surface area contributed by atoms with Crippen molar-refractivity contribution in [1.29, 1.82) is 0 Å². The van der Waals surface area contributed by atoms with E-state index < -0.39 is 11.5 Å². The number of rotatable bonds is 7. The summed E-state index contributed by atoms with van der Waals surface area (Å²) in [7, 11) is 3.44.